The van der Waals surface area contributed by atoms with Crippen LogP contribution in [0.4, 0.5) is 4.79 Å². The summed E-state index contributed by atoms with van der Waals surface area (Å²) in [5.41, 5.74) is 0.951. The van der Waals surface area contributed by atoms with Gasteiger partial charge in [0.2, 0.25) is 0 Å². The number of aliphatic imine (C=N–C) groups is 1. The minimum atomic E-state index is -0.567. The minimum absolute atomic E-state index is 0.251. The number of thiophene rings is 1. The van der Waals surface area contributed by atoms with Gasteiger partial charge in [0, 0.05) is 4.88 Å². The lowest BCUT2D eigenvalue weighted by Gasteiger charge is -2.00. The molecule has 17 heavy (non-hydrogen) atoms. The maximum atomic E-state index is 11.3. The Morgan fingerprint density at radius 1 is 1.24 bits per heavy atom. The van der Waals surface area contributed by atoms with Crippen molar-refractivity contribution in [2.24, 2.45) is 4.99 Å². The van der Waals surface area contributed by atoms with Crippen molar-refractivity contribution in [2.75, 3.05) is 0 Å². The molecule has 0 unspecified atom stereocenters. The van der Waals surface area contributed by atoms with E-state index < -0.39 is 6.09 Å². The summed E-state index contributed by atoms with van der Waals surface area (Å²) >= 11 is 1.52. The van der Waals surface area contributed by atoms with Crippen LogP contribution in [0.15, 0.2) is 52.8 Å². The molecule has 86 valence electrons. The van der Waals surface area contributed by atoms with Gasteiger partial charge in [0.1, 0.15) is 6.61 Å². The molecule has 0 N–H and O–H groups in total. The van der Waals surface area contributed by atoms with Gasteiger partial charge in [0.15, 0.2) is 0 Å². The van der Waals surface area contributed by atoms with Gasteiger partial charge >= 0.3 is 6.09 Å². The second kappa shape index (κ2) is 5.96. The molecule has 0 aliphatic rings. The molecule has 2 rings (SSSR count). The lowest BCUT2D eigenvalue weighted by molar-refractivity contribution is 0.151. The highest BCUT2D eigenvalue weighted by atomic mass is 32.1. The van der Waals surface area contributed by atoms with Gasteiger partial charge in [-0.25, -0.2) is 4.79 Å². The average molecular weight is 245 g/mol. The summed E-state index contributed by atoms with van der Waals surface area (Å²) in [7, 11) is 0. The van der Waals surface area contributed by atoms with Gasteiger partial charge in [-0.2, -0.15) is 4.99 Å². The third kappa shape index (κ3) is 3.85. The summed E-state index contributed by atoms with van der Waals surface area (Å²) in [6.07, 6.45) is 0.945. The van der Waals surface area contributed by atoms with Crippen molar-refractivity contribution in [3.8, 4) is 0 Å². The van der Waals surface area contributed by atoms with Gasteiger partial charge < -0.3 is 4.74 Å². The first kappa shape index (κ1) is 11.5. The van der Waals surface area contributed by atoms with Crippen LogP contribution in [0.3, 0.4) is 0 Å². The van der Waals surface area contributed by atoms with Gasteiger partial charge in [0.25, 0.3) is 0 Å². The summed E-state index contributed by atoms with van der Waals surface area (Å²) in [6.45, 7) is 0.251. The zero-order valence-electron chi connectivity index (χ0n) is 9.08. The number of ether oxygens (including phenoxy) is 1. The van der Waals surface area contributed by atoms with Crippen molar-refractivity contribution >= 4 is 23.6 Å². The van der Waals surface area contributed by atoms with Crippen molar-refractivity contribution in [1.82, 2.24) is 0 Å². The zero-order chi connectivity index (χ0) is 11.9. The van der Waals surface area contributed by atoms with E-state index in [1.54, 1.807) is 0 Å². The van der Waals surface area contributed by atoms with E-state index in [-0.39, 0.29) is 6.61 Å². The molecule has 1 aromatic carbocycles. The summed E-state index contributed by atoms with van der Waals surface area (Å²) in [5.74, 6) is 0. The Labute approximate surface area is 103 Å². The Morgan fingerprint density at radius 3 is 2.76 bits per heavy atom. The number of benzene rings is 1. The molecular weight excluding hydrogens is 234 g/mol. The first-order valence-electron chi connectivity index (χ1n) is 5.13. The molecule has 0 saturated heterocycles. The van der Waals surface area contributed by atoms with Crippen molar-refractivity contribution in [2.45, 2.75) is 6.61 Å². The van der Waals surface area contributed by atoms with Crippen molar-refractivity contribution in [3.63, 3.8) is 0 Å². The highest BCUT2D eigenvalue weighted by Gasteiger charge is 1.99. The maximum absolute atomic E-state index is 11.3. The van der Waals surface area contributed by atoms with E-state index in [2.05, 4.69) is 4.99 Å². The highest BCUT2D eigenvalue weighted by Crippen LogP contribution is 2.05. The molecule has 3 nitrogen and oxygen atoms in total. The van der Waals surface area contributed by atoms with E-state index in [1.807, 2.05) is 47.8 Å². The standard InChI is InChI=1S/C13H11NO2S/c15-13(14-9-12-7-4-8-17-12)16-10-11-5-2-1-3-6-11/h1-9H,10H2/b14-9+. The Bertz CT molecular complexity index is 491. The number of carbonyl (C=O) groups is 1. The summed E-state index contributed by atoms with van der Waals surface area (Å²) < 4.78 is 4.99. The normalized spacial score (nSPS) is 10.6. The molecule has 2 aromatic rings. The number of hydrogen-bond acceptors (Lipinski definition) is 3. The minimum Gasteiger partial charge on any atom is -0.443 e. The molecular formula is C13H11NO2S. The molecule has 0 aliphatic carbocycles. The maximum Gasteiger partial charge on any atom is 0.433 e. The molecule has 1 aromatic heterocycles. The zero-order valence-corrected chi connectivity index (χ0v) is 9.89. The Balaban J connectivity index is 1.82. The molecule has 0 spiro atoms. The topological polar surface area (TPSA) is 38.7 Å². The Hall–Kier alpha value is -1.94. The van der Waals surface area contributed by atoms with Gasteiger partial charge in [-0.05, 0) is 17.0 Å². The van der Waals surface area contributed by atoms with Crippen LogP contribution in [-0.4, -0.2) is 12.3 Å². The highest BCUT2D eigenvalue weighted by molar-refractivity contribution is 7.11. The van der Waals surface area contributed by atoms with Gasteiger partial charge in [-0.1, -0.05) is 36.4 Å². The van der Waals surface area contributed by atoms with Crippen molar-refractivity contribution in [1.29, 1.82) is 0 Å². The first-order chi connectivity index (χ1) is 8.34. The predicted octanol–water partition coefficient (Wildman–Crippen LogP) is 3.50. The van der Waals surface area contributed by atoms with Crippen molar-refractivity contribution in [3.05, 3.63) is 58.3 Å². The predicted molar refractivity (Wildman–Crippen MR) is 68.5 cm³/mol. The molecule has 1 heterocycles. The van der Waals surface area contributed by atoms with Crippen LogP contribution < -0.4 is 0 Å². The first-order valence-corrected chi connectivity index (χ1v) is 6.01. The lowest BCUT2D eigenvalue weighted by atomic mass is 10.2. The van der Waals surface area contributed by atoms with Crippen LogP contribution in [0.25, 0.3) is 0 Å². The monoisotopic (exact) mass is 245 g/mol. The summed E-state index contributed by atoms with van der Waals surface area (Å²) in [4.78, 5) is 15.9. The number of carbonyl (C=O) groups excluding carboxylic acids is 1. The van der Waals surface area contributed by atoms with E-state index >= 15 is 0 Å². The fourth-order valence-electron chi connectivity index (χ4n) is 1.24. The van der Waals surface area contributed by atoms with Crippen LogP contribution in [0.1, 0.15) is 10.4 Å². The number of nitrogens with zero attached hydrogens (tertiary/aromatic N) is 1. The molecule has 0 bridgehead atoms. The third-order valence-electron chi connectivity index (χ3n) is 2.05. The number of hydrogen-bond donors (Lipinski definition) is 0. The molecule has 1 amide bonds. The molecule has 0 fully saturated rings. The van der Waals surface area contributed by atoms with Crippen LogP contribution in [-0.2, 0) is 11.3 Å². The van der Waals surface area contributed by atoms with Crippen LogP contribution in [0, 0.1) is 0 Å². The van der Waals surface area contributed by atoms with E-state index in [4.69, 9.17) is 4.74 Å². The Morgan fingerprint density at radius 2 is 2.06 bits per heavy atom. The molecule has 0 radical (unpaired) electrons. The van der Waals surface area contributed by atoms with Gasteiger partial charge in [-0.15, -0.1) is 11.3 Å². The van der Waals surface area contributed by atoms with Crippen LogP contribution >= 0.6 is 11.3 Å². The SMILES string of the molecule is O=C(/N=C/c1cccs1)OCc1ccccc1. The van der Waals surface area contributed by atoms with E-state index in [0.717, 1.165) is 10.4 Å². The van der Waals surface area contributed by atoms with E-state index in [9.17, 15) is 4.79 Å². The second-order valence-corrected chi connectivity index (χ2v) is 4.29. The Kier molecular flexibility index (Phi) is 4.05. The number of amides is 1. The van der Waals surface area contributed by atoms with Gasteiger partial charge in [-0.3, -0.25) is 0 Å². The lowest BCUT2D eigenvalue weighted by Crippen LogP contribution is -1.99. The average Bonchev–Trinajstić information content (AvgIpc) is 2.88. The van der Waals surface area contributed by atoms with Crippen LogP contribution in [0.5, 0.6) is 0 Å². The van der Waals surface area contributed by atoms with E-state index in [0.29, 0.717) is 0 Å². The smallest absolute Gasteiger partial charge is 0.433 e. The summed E-state index contributed by atoms with van der Waals surface area (Å²) in [6, 6.07) is 13.3. The largest absolute Gasteiger partial charge is 0.443 e. The molecule has 0 atom stereocenters. The van der Waals surface area contributed by atoms with Crippen LogP contribution in [0.2, 0.25) is 0 Å². The van der Waals surface area contributed by atoms with Crippen molar-refractivity contribution < 1.29 is 9.53 Å². The number of rotatable bonds is 3. The third-order valence-corrected chi connectivity index (χ3v) is 2.85. The molecule has 0 saturated carbocycles. The molecule has 0 aliphatic heterocycles. The van der Waals surface area contributed by atoms with Gasteiger partial charge in [0.05, 0.1) is 6.21 Å². The van der Waals surface area contributed by atoms with E-state index in [1.165, 1.54) is 17.6 Å². The fourth-order valence-corrected chi connectivity index (χ4v) is 1.82. The summed E-state index contributed by atoms with van der Waals surface area (Å²) in [5, 5.41) is 1.93. The molecule has 4 heteroatoms. The second-order valence-electron chi connectivity index (χ2n) is 3.31. The fraction of sp³-hybridized carbons (Fsp3) is 0.0769. The quantitative estimate of drug-likeness (QED) is 0.776.